The van der Waals surface area contributed by atoms with E-state index in [-0.39, 0.29) is 29.7 Å². The lowest BCUT2D eigenvalue weighted by Gasteiger charge is -2.13. The second-order valence-electron chi connectivity index (χ2n) is 8.62. The van der Waals surface area contributed by atoms with Crippen LogP contribution < -0.4 is 0 Å². The van der Waals surface area contributed by atoms with Crippen LogP contribution in [-0.4, -0.2) is 23.6 Å². The minimum absolute atomic E-state index is 0.00431. The molecule has 4 aromatic rings. The Labute approximate surface area is 231 Å². The molecule has 0 N–H and O–H groups in total. The third kappa shape index (κ3) is 11.5. The summed E-state index contributed by atoms with van der Waals surface area (Å²) in [6.07, 6.45) is 5.17. The predicted molar refractivity (Wildman–Crippen MR) is 158 cm³/mol. The fourth-order valence-electron chi connectivity index (χ4n) is 3.54. The van der Waals surface area contributed by atoms with Crippen molar-refractivity contribution in [1.82, 2.24) is 0 Å². The minimum Gasteiger partial charge on any atom is -0.303 e. The molecule has 4 rings (SSSR count). The van der Waals surface area contributed by atoms with Gasteiger partial charge in [0.25, 0.3) is 0 Å². The van der Waals surface area contributed by atoms with Crippen LogP contribution in [0.25, 0.3) is 6.08 Å². The maximum Gasteiger partial charge on any atom is 0.185 e. The first-order chi connectivity index (χ1) is 19.0. The molecule has 0 bridgehead atoms. The number of aldehydes is 1. The van der Waals surface area contributed by atoms with Crippen molar-refractivity contribution in [3.8, 4) is 0 Å². The zero-order valence-electron chi connectivity index (χ0n) is 22.4. The van der Waals surface area contributed by atoms with Crippen molar-refractivity contribution in [2.75, 3.05) is 0 Å². The molecule has 198 valence electrons. The standard InChI is InChI=1S/C17H16O2.C15H12O.C3H6O/c1-13(18)16(14-8-4-2-5-9-14)12-17(19)15-10-6-3-7-11-15;16-15(14-9-5-2-6-10-14)12-11-13-7-3-1-4-8-13;1-2-3-4/h2-11,16H,12H2,1H3;1-12H;3H,2H2,1H3/b;12-11+;. The van der Waals surface area contributed by atoms with Gasteiger partial charge in [-0.1, -0.05) is 134 Å². The molecule has 4 nitrogen and oxygen atoms in total. The number of rotatable bonds is 9. The van der Waals surface area contributed by atoms with Gasteiger partial charge in [-0.05, 0) is 24.1 Å². The number of hydrogen-bond acceptors (Lipinski definition) is 4. The van der Waals surface area contributed by atoms with Crippen LogP contribution in [0.3, 0.4) is 0 Å². The Morgan fingerprint density at radius 1 is 0.667 bits per heavy atom. The van der Waals surface area contributed by atoms with Crippen molar-refractivity contribution in [3.05, 3.63) is 150 Å². The Balaban J connectivity index is 0.000000243. The lowest BCUT2D eigenvalue weighted by Crippen LogP contribution is -2.14. The average molecular weight is 519 g/mol. The summed E-state index contributed by atoms with van der Waals surface area (Å²) in [6, 6.07) is 37.6. The van der Waals surface area contributed by atoms with Crippen LogP contribution in [0.2, 0.25) is 0 Å². The lowest BCUT2D eigenvalue weighted by molar-refractivity contribution is -0.118. The largest absolute Gasteiger partial charge is 0.303 e. The van der Waals surface area contributed by atoms with E-state index in [1.165, 1.54) is 6.92 Å². The van der Waals surface area contributed by atoms with Crippen molar-refractivity contribution in [2.24, 2.45) is 0 Å². The monoisotopic (exact) mass is 518 g/mol. The van der Waals surface area contributed by atoms with Crippen LogP contribution in [0.15, 0.2) is 127 Å². The molecule has 0 aliphatic heterocycles. The summed E-state index contributed by atoms with van der Waals surface area (Å²) < 4.78 is 0. The predicted octanol–water partition coefficient (Wildman–Crippen LogP) is 7.81. The lowest BCUT2D eigenvalue weighted by atomic mass is 9.89. The molecule has 0 fully saturated rings. The van der Waals surface area contributed by atoms with E-state index in [1.807, 2.05) is 122 Å². The van der Waals surface area contributed by atoms with E-state index in [1.54, 1.807) is 18.2 Å². The van der Waals surface area contributed by atoms with Gasteiger partial charge in [-0.25, -0.2) is 0 Å². The Morgan fingerprint density at radius 2 is 1.10 bits per heavy atom. The molecule has 4 heteroatoms. The van der Waals surface area contributed by atoms with Gasteiger partial charge in [0.1, 0.15) is 12.1 Å². The fraction of sp³-hybridized carbons (Fsp3) is 0.143. The molecule has 39 heavy (non-hydrogen) atoms. The Kier molecular flexibility index (Phi) is 13.9. The van der Waals surface area contributed by atoms with E-state index in [9.17, 15) is 19.2 Å². The molecule has 0 aliphatic carbocycles. The summed E-state index contributed by atoms with van der Waals surface area (Å²) in [5, 5.41) is 0. The number of Topliss-reactive ketones (excluding diaryl/α,β-unsaturated/α-hetero) is 2. The zero-order chi connectivity index (χ0) is 28.3. The number of hydrogen-bond donors (Lipinski definition) is 0. The van der Waals surface area contributed by atoms with Gasteiger partial charge in [0.2, 0.25) is 0 Å². The van der Waals surface area contributed by atoms with Crippen LogP contribution in [0.4, 0.5) is 0 Å². The third-order valence-corrected chi connectivity index (χ3v) is 5.63. The molecule has 0 amide bonds. The first-order valence-corrected chi connectivity index (χ1v) is 12.9. The number of benzene rings is 4. The average Bonchev–Trinajstić information content (AvgIpc) is 3.00. The maximum absolute atomic E-state index is 12.2. The Morgan fingerprint density at radius 3 is 1.56 bits per heavy atom. The molecule has 0 heterocycles. The van der Waals surface area contributed by atoms with E-state index >= 15 is 0 Å². The quantitative estimate of drug-likeness (QED) is 0.129. The topological polar surface area (TPSA) is 68.3 Å². The van der Waals surface area contributed by atoms with Gasteiger partial charge in [0.15, 0.2) is 11.6 Å². The molecule has 0 radical (unpaired) electrons. The molecular formula is C35H34O4. The molecule has 1 unspecified atom stereocenters. The Hall–Kier alpha value is -4.70. The van der Waals surface area contributed by atoms with E-state index < -0.39 is 0 Å². The highest BCUT2D eigenvalue weighted by Crippen LogP contribution is 2.22. The molecule has 1 atom stereocenters. The van der Waals surface area contributed by atoms with Gasteiger partial charge in [-0.3, -0.25) is 14.4 Å². The van der Waals surface area contributed by atoms with Crippen LogP contribution in [-0.2, 0) is 9.59 Å². The van der Waals surface area contributed by atoms with E-state index in [4.69, 9.17) is 0 Å². The minimum atomic E-state index is -0.353. The highest BCUT2D eigenvalue weighted by atomic mass is 16.1. The van der Waals surface area contributed by atoms with Crippen molar-refractivity contribution in [2.45, 2.75) is 32.6 Å². The van der Waals surface area contributed by atoms with Crippen molar-refractivity contribution >= 4 is 29.7 Å². The van der Waals surface area contributed by atoms with E-state index in [2.05, 4.69) is 0 Å². The smallest absolute Gasteiger partial charge is 0.185 e. The van der Waals surface area contributed by atoms with Gasteiger partial charge in [0, 0.05) is 29.9 Å². The summed E-state index contributed by atoms with van der Waals surface area (Å²) in [5.74, 6) is -0.293. The highest BCUT2D eigenvalue weighted by Gasteiger charge is 2.20. The van der Waals surface area contributed by atoms with Crippen LogP contribution in [0, 0.1) is 0 Å². The molecule has 0 spiro atoms. The molecule has 4 aromatic carbocycles. The van der Waals surface area contributed by atoms with Gasteiger partial charge >= 0.3 is 0 Å². The summed E-state index contributed by atoms with van der Waals surface area (Å²) >= 11 is 0. The first kappa shape index (κ1) is 30.5. The summed E-state index contributed by atoms with van der Waals surface area (Å²) in [4.78, 5) is 44.8. The third-order valence-electron chi connectivity index (χ3n) is 5.63. The number of ketones is 3. The number of carbonyl (C=O) groups is 4. The van der Waals surface area contributed by atoms with Crippen molar-refractivity contribution in [3.63, 3.8) is 0 Å². The number of allylic oxidation sites excluding steroid dienone is 1. The van der Waals surface area contributed by atoms with Gasteiger partial charge < -0.3 is 4.79 Å². The van der Waals surface area contributed by atoms with Crippen molar-refractivity contribution < 1.29 is 19.2 Å². The first-order valence-electron chi connectivity index (χ1n) is 12.9. The summed E-state index contributed by atoms with van der Waals surface area (Å²) in [6.45, 7) is 3.35. The van der Waals surface area contributed by atoms with Gasteiger partial charge in [-0.2, -0.15) is 0 Å². The fourth-order valence-corrected chi connectivity index (χ4v) is 3.54. The van der Waals surface area contributed by atoms with E-state index in [0.717, 1.165) is 23.0 Å². The highest BCUT2D eigenvalue weighted by molar-refractivity contribution is 6.06. The van der Waals surface area contributed by atoms with Gasteiger partial charge in [0.05, 0.1) is 0 Å². The summed E-state index contributed by atoms with van der Waals surface area (Å²) in [7, 11) is 0. The molecule has 0 aliphatic rings. The van der Waals surface area contributed by atoms with Gasteiger partial charge in [-0.15, -0.1) is 0 Å². The van der Waals surface area contributed by atoms with Crippen LogP contribution in [0.1, 0.15) is 64.4 Å². The molecule has 0 aromatic heterocycles. The Bertz CT molecular complexity index is 1310. The van der Waals surface area contributed by atoms with E-state index in [0.29, 0.717) is 12.0 Å². The summed E-state index contributed by atoms with van der Waals surface area (Å²) in [5.41, 5.74) is 3.31. The molecule has 0 saturated heterocycles. The maximum atomic E-state index is 12.2. The molecular weight excluding hydrogens is 484 g/mol. The molecule has 0 saturated carbocycles. The second kappa shape index (κ2) is 17.7. The normalized spacial score (nSPS) is 10.7. The van der Waals surface area contributed by atoms with Crippen LogP contribution >= 0.6 is 0 Å². The zero-order valence-corrected chi connectivity index (χ0v) is 22.4. The van der Waals surface area contributed by atoms with Crippen LogP contribution in [0.5, 0.6) is 0 Å². The second-order valence-corrected chi connectivity index (χ2v) is 8.62. The SMILES string of the molecule is CC(=O)C(CC(=O)c1ccccc1)c1ccccc1.CCC=O.O=C(/C=C/c1ccccc1)c1ccccc1. The van der Waals surface area contributed by atoms with Crippen molar-refractivity contribution in [1.29, 1.82) is 0 Å². The number of carbonyl (C=O) groups excluding carboxylic acids is 4.